The van der Waals surface area contributed by atoms with Crippen LogP contribution in [0, 0.1) is 0 Å². The molecule has 8 nitrogen and oxygen atoms in total. The van der Waals surface area contributed by atoms with Gasteiger partial charge in [-0.15, -0.1) is 0 Å². The summed E-state index contributed by atoms with van der Waals surface area (Å²) < 4.78 is 70.6. The number of ether oxygens (including phenoxy) is 1. The van der Waals surface area contributed by atoms with Gasteiger partial charge in [0.25, 0.3) is 11.8 Å². The van der Waals surface area contributed by atoms with Crippen LogP contribution in [-0.2, 0) is 5.92 Å². The second-order valence-electron chi connectivity index (χ2n) is 7.71. The Balaban J connectivity index is 1.70. The molecule has 0 atom stereocenters. The number of hydrogen-bond donors (Lipinski definition) is 3. The van der Waals surface area contributed by atoms with Gasteiger partial charge >= 0.3 is 6.18 Å². The summed E-state index contributed by atoms with van der Waals surface area (Å²) in [5.74, 6) is -4.81. The lowest BCUT2D eigenvalue weighted by molar-refractivity contribution is -0.153. The number of fused-ring (bicyclic) bond motifs is 1. The molecule has 194 valence electrons. The van der Waals surface area contributed by atoms with Gasteiger partial charge in [-0.1, -0.05) is 29.3 Å². The molecule has 3 aromatic heterocycles. The van der Waals surface area contributed by atoms with E-state index in [4.69, 9.17) is 27.9 Å². The fourth-order valence-electron chi connectivity index (χ4n) is 3.13. The molecule has 3 heterocycles. The van der Waals surface area contributed by atoms with Crippen LogP contribution >= 0.6 is 23.2 Å². The Bertz CT molecular complexity index is 1450. The molecule has 0 radical (unpaired) electrons. The largest absolute Gasteiger partial charge is 0.483 e. The molecule has 0 aliphatic carbocycles. The van der Waals surface area contributed by atoms with Crippen molar-refractivity contribution in [3.05, 3.63) is 64.0 Å². The molecular formula is C22H15Cl2F5N6O2. The molecule has 1 amide bonds. The summed E-state index contributed by atoms with van der Waals surface area (Å²) in [7, 11) is 0. The van der Waals surface area contributed by atoms with Crippen LogP contribution < -0.4 is 15.4 Å². The molecule has 3 N–H and O–H groups in total. The average molecular weight is 561 g/mol. The lowest BCUT2D eigenvalue weighted by Gasteiger charge is -2.14. The highest BCUT2D eigenvalue weighted by molar-refractivity contribution is 6.39. The summed E-state index contributed by atoms with van der Waals surface area (Å²) in [4.78, 5) is 27.6. The number of aromatic amines is 1. The number of nitrogens with one attached hydrogen (secondary N) is 3. The van der Waals surface area contributed by atoms with Crippen molar-refractivity contribution in [2.75, 3.05) is 17.2 Å². The van der Waals surface area contributed by atoms with Crippen molar-refractivity contribution in [2.45, 2.75) is 19.0 Å². The van der Waals surface area contributed by atoms with Gasteiger partial charge in [-0.05, 0) is 18.2 Å². The topological polar surface area (TPSA) is 105 Å². The molecule has 0 bridgehead atoms. The monoisotopic (exact) mass is 560 g/mol. The van der Waals surface area contributed by atoms with Crippen molar-refractivity contribution in [3.8, 4) is 5.75 Å². The number of halogens is 7. The minimum atomic E-state index is -4.69. The highest BCUT2D eigenvalue weighted by Gasteiger charge is 2.30. The van der Waals surface area contributed by atoms with E-state index in [1.807, 2.05) is 0 Å². The van der Waals surface area contributed by atoms with Crippen molar-refractivity contribution in [2.24, 2.45) is 0 Å². The van der Waals surface area contributed by atoms with E-state index < -0.39 is 36.1 Å². The molecule has 0 saturated carbocycles. The Labute approximate surface area is 215 Å². The Morgan fingerprint density at radius 2 is 1.78 bits per heavy atom. The molecule has 0 saturated heterocycles. The standard InChI is InChI=1S/C22H15Cl2F5N6O2/c1-21(25,26)16-3-2-4-17(33-16)34-19(36)10-5-13-14(6-15(10)37-9-22(27,28)29)32-20(31-13)35-18-11(23)7-30-8-12(18)24/h2-8H,9H2,1H3,(H,33,34,36)(H2,30,31,32,35). The number of carbonyl (C=O) groups excluding carboxylic acids is 1. The molecule has 4 rings (SSSR count). The van der Waals surface area contributed by atoms with Gasteiger partial charge in [-0.3, -0.25) is 9.78 Å². The second kappa shape index (κ2) is 9.98. The van der Waals surface area contributed by atoms with Gasteiger partial charge in [0.1, 0.15) is 17.3 Å². The zero-order valence-corrected chi connectivity index (χ0v) is 20.1. The first-order chi connectivity index (χ1) is 17.3. The molecule has 0 unspecified atom stereocenters. The Morgan fingerprint density at radius 1 is 1.08 bits per heavy atom. The number of carbonyl (C=O) groups is 1. The lowest BCUT2D eigenvalue weighted by atomic mass is 10.1. The van der Waals surface area contributed by atoms with Crippen LogP contribution in [0.2, 0.25) is 10.0 Å². The van der Waals surface area contributed by atoms with E-state index in [-0.39, 0.29) is 44.1 Å². The molecule has 1 aromatic carbocycles. The minimum Gasteiger partial charge on any atom is -0.483 e. The maximum atomic E-state index is 13.6. The van der Waals surface area contributed by atoms with Gasteiger partial charge in [-0.25, -0.2) is 9.97 Å². The van der Waals surface area contributed by atoms with Gasteiger partial charge < -0.3 is 20.4 Å². The minimum absolute atomic E-state index is 0.101. The number of nitrogens with zero attached hydrogens (tertiary/aromatic N) is 3. The van der Waals surface area contributed by atoms with E-state index in [9.17, 15) is 26.7 Å². The summed E-state index contributed by atoms with van der Waals surface area (Å²) in [6.45, 7) is -1.05. The zero-order chi connectivity index (χ0) is 27.0. The molecule has 0 fully saturated rings. The van der Waals surface area contributed by atoms with Gasteiger partial charge in [0.15, 0.2) is 6.61 Å². The van der Waals surface area contributed by atoms with Crippen molar-refractivity contribution in [1.82, 2.24) is 19.9 Å². The first-order valence-electron chi connectivity index (χ1n) is 10.3. The summed E-state index contributed by atoms with van der Waals surface area (Å²) in [6, 6.07) is 5.89. The summed E-state index contributed by atoms with van der Waals surface area (Å²) in [5.41, 5.74) is -0.308. The zero-order valence-electron chi connectivity index (χ0n) is 18.6. The SMILES string of the molecule is CC(F)(F)c1cccc(NC(=O)c2cc3nc(Nc4c(Cl)cncc4Cl)[nH]c3cc2OCC(F)(F)F)n1. The van der Waals surface area contributed by atoms with Crippen LogP contribution in [0.5, 0.6) is 5.75 Å². The van der Waals surface area contributed by atoms with Crippen LogP contribution in [0.25, 0.3) is 11.0 Å². The van der Waals surface area contributed by atoms with Crippen LogP contribution in [0.1, 0.15) is 23.0 Å². The van der Waals surface area contributed by atoms with E-state index in [1.165, 1.54) is 30.6 Å². The van der Waals surface area contributed by atoms with Crippen LogP contribution in [0.15, 0.2) is 42.7 Å². The first-order valence-corrected chi connectivity index (χ1v) is 11.0. The van der Waals surface area contributed by atoms with E-state index in [0.29, 0.717) is 6.92 Å². The lowest BCUT2D eigenvalue weighted by Crippen LogP contribution is -2.21. The number of rotatable bonds is 7. The first kappa shape index (κ1) is 26.4. The van der Waals surface area contributed by atoms with Gasteiger partial charge in [0.2, 0.25) is 5.95 Å². The second-order valence-corrected chi connectivity index (χ2v) is 8.52. The van der Waals surface area contributed by atoms with Crippen LogP contribution in [-0.4, -0.2) is 38.6 Å². The van der Waals surface area contributed by atoms with E-state index in [1.54, 1.807) is 0 Å². The molecule has 0 spiro atoms. The van der Waals surface area contributed by atoms with Crippen molar-refractivity contribution >= 4 is 57.6 Å². The number of hydrogen-bond acceptors (Lipinski definition) is 6. The van der Waals surface area contributed by atoms with Crippen molar-refractivity contribution in [3.63, 3.8) is 0 Å². The smallest absolute Gasteiger partial charge is 0.422 e. The van der Waals surface area contributed by atoms with Crippen molar-refractivity contribution < 1.29 is 31.5 Å². The number of anilines is 3. The van der Waals surface area contributed by atoms with Crippen LogP contribution in [0.3, 0.4) is 0 Å². The third kappa shape index (κ3) is 6.35. The molecule has 0 aliphatic rings. The molecule has 0 aliphatic heterocycles. The Hall–Kier alpha value is -3.71. The average Bonchev–Trinajstić information content (AvgIpc) is 3.20. The van der Waals surface area contributed by atoms with Crippen molar-refractivity contribution in [1.29, 1.82) is 0 Å². The number of imidazole rings is 1. The van der Waals surface area contributed by atoms with Crippen LogP contribution in [0.4, 0.5) is 39.4 Å². The normalized spacial score (nSPS) is 12.0. The predicted octanol–water partition coefficient (Wildman–Crippen LogP) is 6.71. The summed E-state index contributed by atoms with van der Waals surface area (Å²) in [6.07, 6.45) is -2.02. The highest BCUT2D eigenvalue weighted by atomic mass is 35.5. The van der Waals surface area contributed by atoms with E-state index in [0.717, 1.165) is 12.1 Å². The molecule has 37 heavy (non-hydrogen) atoms. The summed E-state index contributed by atoms with van der Waals surface area (Å²) >= 11 is 12.2. The quantitative estimate of drug-likeness (QED) is 0.217. The number of pyridine rings is 2. The third-order valence-electron chi connectivity index (χ3n) is 4.76. The number of aromatic nitrogens is 4. The number of amides is 1. The fraction of sp³-hybridized carbons (Fsp3) is 0.182. The maximum Gasteiger partial charge on any atom is 0.422 e. The number of alkyl halides is 5. The maximum absolute atomic E-state index is 13.6. The predicted molar refractivity (Wildman–Crippen MR) is 127 cm³/mol. The van der Waals surface area contributed by atoms with E-state index in [2.05, 4.69) is 30.6 Å². The van der Waals surface area contributed by atoms with Gasteiger partial charge in [0, 0.05) is 25.4 Å². The molecular weight excluding hydrogens is 546 g/mol. The fourth-order valence-corrected chi connectivity index (χ4v) is 3.59. The Kier molecular flexibility index (Phi) is 7.11. The Morgan fingerprint density at radius 3 is 2.43 bits per heavy atom. The number of benzene rings is 1. The number of H-pyrrole nitrogens is 1. The van der Waals surface area contributed by atoms with Gasteiger partial charge in [0.05, 0.1) is 32.3 Å². The highest BCUT2D eigenvalue weighted by Crippen LogP contribution is 2.33. The van der Waals surface area contributed by atoms with E-state index >= 15 is 0 Å². The molecule has 15 heteroatoms. The molecule has 4 aromatic rings. The third-order valence-corrected chi connectivity index (χ3v) is 5.33. The summed E-state index contributed by atoms with van der Waals surface area (Å²) in [5, 5.41) is 5.49. The van der Waals surface area contributed by atoms with Gasteiger partial charge in [-0.2, -0.15) is 22.0 Å².